The first-order valence-corrected chi connectivity index (χ1v) is 3.54. The summed E-state index contributed by atoms with van der Waals surface area (Å²) in [6.45, 7) is 5.04. The van der Waals surface area contributed by atoms with Crippen molar-refractivity contribution < 1.29 is 15.0 Å². The normalized spacial score (nSPS) is 26.4. The highest BCUT2D eigenvalue weighted by Crippen LogP contribution is 2.38. The number of allylic oxidation sites excluding steroid dienone is 1. The summed E-state index contributed by atoms with van der Waals surface area (Å²) in [5, 5.41) is 15.9. The summed E-state index contributed by atoms with van der Waals surface area (Å²) in [7, 11) is 0. The molecule has 2 N–H and O–H groups in total. The van der Waals surface area contributed by atoms with Gasteiger partial charge in [-0.1, -0.05) is 6.08 Å². The van der Waals surface area contributed by atoms with Crippen LogP contribution in [0, 0.1) is 11.8 Å². The van der Waals surface area contributed by atoms with Crippen molar-refractivity contribution in [2.45, 2.75) is 13.3 Å². The Morgan fingerprint density at radius 3 is 2.36 bits per heavy atom. The van der Waals surface area contributed by atoms with Gasteiger partial charge in [0.05, 0.1) is 0 Å². The van der Waals surface area contributed by atoms with Gasteiger partial charge in [-0.3, -0.25) is 4.79 Å². The number of aliphatic hydroxyl groups excluding tert-OH is 1. The second-order valence-corrected chi connectivity index (χ2v) is 2.60. The van der Waals surface area contributed by atoms with Gasteiger partial charge in [0.15, 0.2) is 0 Å². The molecule has 1 saturated carbocycles. The maximum absolute atomic E-state index is 9.00. The standard InChI is InChI=1S/C6H10O.C2H4O2/c1-2-5-3-6(5)4-7;1-2(3)4/h2,5-7H,1,3-4H2;1H3,(H,3,4). The number of hydrogen-bond donors (Lipinski definition) is 2. The van der Waals surface area contributed by atoms with E-state index in [-0.39, 0.29) is 0 Å². The zero-order chi connectivity index (χ0) is 8.85. The molecule has 0 heterocycles. The largest absolute Gasteiger partial charge is 0.481 e. The SMILES string of the molecule is C=CC1CC1CO.CC(=O)O. The lowest BCUT2D eigenvalue weighted by atomic mass is 10.3. The van der Waals surface area contributed by atoms with Crippen LogP contribution >= 0.6 is 0 Å². The van der Waals surface area contributed by atoms with Gasteiger partial charge in [-0.15, -0.1) is 6.58 Å². The van der Waals surface area contributed by atoms with Gasteiger partial charge >= 0.3 is 0 Å². The molecule has 1 aliphatic carbocycles. The fraction of sp³-hybridized carbons (Fsp3) is 0.625. The zero-order valence-electron chi connectivity index (χ0n) is 6.66. The van der Waals surface area contributed by atoms with Crippen molar-refractivity contribution in [3.63, 3.8) is 0 Å². The molecule has 0 aliphatic heterocycles. The minimum Gasteiger partial charge on any atom is -0.481 e. The number of rotatable bonds is 2. The Morgan fingerprint density at radius 1 is 1.82 bits per heavy atom. The van der Waals surface area contributed by atoms with Gasteiger partial charge in [-0.25, -0.2) is 0 Å². The quantitative estimate of drug-likeness (QED) is 0.587. The van der Waals surface area contributed by atoms with Crippen LogP contribution in [0.25, 0.3) is 0 Å². The molecule has 1 fully saturated rings. The molecule has 1 aliphatic rings. The van der Waals surface area contributed by atoms with Crippen LogP contribution in [0.2, 0.25) is 0 Å². The first-order valence-electron chi connectivity index (χ1n) is 3.54. The van der Waals surface area contributed by atoms with Gasteiger partial charge in [-0.05, 0) is 18.3 Å². The van der Waals surface area contributed by atoms with Crippen molar-refractivity contribution in [2.24, 2.45) is 11.8 Å². The smallest absolute Gasteiger partial charge is 0.300 e. The van der Waals surface area contributed by atoms with E-state index in [0.717, 1.165) is 13.3 Å². The molecule has 0 radical (unpaired) electrons. The van der Waals surface area contributed by atoms with Crippen molar-refractivity contribution >= 4 is 5.97 Å². The van der Waals surface area contributed by atoms with E-state index in [4.69, 9.17) is 15.0 Å². The van der Waals surface area contributed by atoms with Gasteiger partial charge in [0.1, 0.15) is 0 Å². The summed E-state index contributed by atoms with van der Waals surface area (Å²) in [6, 6.07) is 0. The predicted octanol–water partition coefficient (Wildman–Crippen LogP) is 0.892. The van der Waals surface area contributed by atoms with Gasteiger partial charge in [0.25, 0.3) is 5.97 Å². The molecule has 0 spiro atoms. The van der Waals surface area contributed by atoms with E-state index in [1.807, 2.05) is 6.08 Å². The summed E-state index contributed by atoms with van der Waals surface area (Å²) >= 11 is 0. The lowest BCUT2D eigenvalue weighted by Gasteiger charge is -1.81. The van der Waals surface area contributed by atoms with E-state index in [1.165, 1.54) is 0 Å². The summed E-state index contributed by atoms with van der Waals surface area (Å²) < 4.78 is 0. The number of aliphatic hydroxyl groups is 1. The molecule has 64 valence electrons. The number of carbonyl (C=O) groups is 1. The minimum absolute atomic E-state index is 0.344. The molecule has 0 aromatic rings. The average molecular weight is 158 g/mol. The molecule has 2 unspecified atom stereocenters. The molecule has 11 heavy (non-hydrogen) atoms. The number of carboxylic acid groups (broad SMARTS) is 1. The molecule has 0 saturated heterocycles. The van der Waals surface area contributed by atoms with Gasteiger partial charge in [0.2, 0.25) is 0 Å². The molecule has 1 rings (SSSR count). The Kier molecular flexibility index (Phi) is 4.54. The molecule has 3 heteroatoms. The maximum atomic E-state index is 9.00. The lowest BCUT2D eigenvalue weighted by Crippen LogP contribution is -1.84. The monoisotopic (exact) mass is 158 g/mol. The van der Waals surface area contributed by atoms with E-state index in [1.54, 1.807) is 0 Å². The third-order valence-corrected chi connectivity index (χ3v) is 1.51. The van der Waals surface area contributed by atoms with E-state index in [9.17, 15) is 0 Å². The molecule has 2 atom stereocenters. The highest BCUT2D eigenvalue weighted by molar-refractivity contribution is 5.62. The Hall–Kier alpha value is -0.830. The minimum atomic E-state index is -0.833. The molecule has 3 nitrogen and oxygen atoms in total. The second-order valence-electron chi connectivity index (χ2n) is 2.60. The zero-order valence-corrected chi connectivity index (χ0v) is 6.66. The second kappa shape index (κ2) is 4.91. The van der Waals surface area contributed by atoms with Crippen LogP contribution < -0.4 is 0 Å². The summed E-state index contributed by atoms with van der Waals surface area (Å²) in [5.74, 6) is 0.350. The Labute approximate surface area is 66.4 Å². The average Bonchev–Trinajstić information content (AvgIpc) is 2.64. The van der Waals surface area contributed by atoms with E-state index >= 15 is 0 Å². The van der Waals surface area contributed by atoms with Gasteiger partial charge in [-0.2, -0.15) is 0 Å². The highest BCUT2D eigenvalue weighted by Gasteiger charge is 2.32. The van der Waals surface area contributed by atoms with E-state index in [0.29, 0.717) is 18.4 Å². The van der Waals surface area contributed by atoms with Gasteiger partial charge in [0, 0.05) is 13.5 Å². The predicted molar refractivity (Wildman–Crippen MR) is 42.2 cm³/mol. The van der Waals surface area contributed by atoms with E-state index in [2.05, 4.69) is 6.58 Å². The topological polar surface area (TPSA) is 57.5 Å². The molecule has 0 aromatic carbocycles. The van der Waals surface area contributed by atoms with Crippen molar-refractivity contribution in [3.05, 3.63) is 12.7 Å². The lowest BCUT2D eigenvalue weighted by molar-refractivity contribution is -0.134. The molecular formula is C8H14O3. The third kappa shape index (κ3) is 5.61. The number of hydrogen-bond acceptors (Lipinski definition) is 2. The summed E-state index contributed by atoms with van der Waals surface area (Å²) in [5.41, 5.74) is 0. The summed E-state index contributed by atoms with van der Waals surface area (Å²) in [4.78, 5) is 9.00. The molecular weight excluding hydrogens is 144 g/mol. The third-order valence-electron chi connectivity index (χ3n) is 1.51. The van der Waals surface area contributed by atoms with Crippen LogP contribution in [-0.4, -0.2) is 22.8 Å². The molecule has 0 bridgehead atoms. The highest BCUT2D eigenvalue weighted by atomic mass is 16.4. The van der Waals surface area contributed by atoms with Crippen molar-refractivity contribution in [1.29, 1.82) is 0 Å². The van der Waals surface area contributed by atoms with Crippen molar-refractivity contribution in [2.75, 3.05) is 6.61 Å². The summed E-state index contributed by atoms with van der Waals surface area (Å²) in [6.07, 6.45) is 3.07. The Morgan fingerprint density at radius 2 is 2.27 bits per heavy atom. The Balaban J connectivity index is 0.000000218. The van der Waals surface area contributed by atoms with Crippen LogP contribution in [-0.2, 0) is 4.79 Å². The van der Waals surface area contributed by atoms with Crippen molar-refractivity contribution in [1.82, 2.24) is 0 Å². The molecule has 0 aromatic heterocycles. The van der Waals surface area contributed by atoms with Gasteiger partial charge < -0.3 is 10.2 Å². The maximum Gasteiger partial charge on any atom is 0.300 e. The van der Waals surface area contributed by atoms with Crippen LogP contribution in [0.4, 0.5) is 0 Å². The fourth-order valence-electron chi connectivity index (χ4n) is 0.770. The first kappa shape index (κ1) is 10.2. The van der Waals surface area contributed by atoms with E-state index < -0.39 is 5.97 Å². The number of carboxylic acids is 1. The first-order chi connectivity index (χ1) is 5.11. The van der Waals surface area contributed by atoms with Crippen LogP contribution in [0.5, 0.6) is 0 Å². The molecule has 0 amide bonds. The fourth-order valence-corrected chi connectivity index (χ4v) is 0.770. The van der Waals surface area contributed by atoms with Crippen LogP contribution in [0.3, 0.4) is 0 Å². The van der Waals surface area contributed by atoms with Crippen LogP contribution in [0.15, 0.2) is 12.7 Å². The van der Waals surface area contributed by atoms with Crippen molar-refractivity contribution in [3.8, 4) is 0 Å². The Bertz CT molecular complexity index is 138. The number of aliphatic carboxylic acids is 1. The van der Waals surface area contributed by atoms with Crippen LogP contribution in [0.1, 0.15) is 13.3 Å².